The van der Waals surface area contributed by atoms with Crippen LogP contribution in [-0.4, -0.2) is 22.7 Å². The van der Waals surface area contributed by atoms with Crippen LogP contribution in [0.15, 0.2) is 62.9 Å². The van der Waals surface area contributed by atoms with E-state index in [2.05, 4.69) is 38.4 Å². The number of nitrogens with zero attached hydrogens (tertiary/aromatic N) is 1. The van der Waals surface area contributed by atoms with Crippen LogP contribution < -0.4 is 4.74 Å². The van der Waals surface area contributed by atoms with Gasteiger partial charge in [0.05, 0.1) is 20.4 Å². The average molecular weight is 544 g/mol. The first kappa shape index (κ1) is 21.2. The summed E-state index contributed by atoms with van der Waals surface area (Å²) in [5.74, 6) is 0.320. The highest BCUT2D eigenvalue weighted by Crippen LogP contribution is 2.38. The SMILES string of the molecule is C=CCOc1c(Br)cc(/C=C2\SC(=O)N(Cc3cccc(Cl)c3)C2=O)cc1Br. The number of hydrogen-bond donors (Lipinski definition) is 0. The Labute approximate surface area is 188 Å². The lowest BCUT2D eigenvalue weighted by molar-refractivity contribution is -0.123. The third-order valence-electron chi connectivity index (χ3n) is 3.77. The molecule has 0 bridgehead atoms. The van der Waals surface area contributed by atoms with E-state index < -0.39 is 0 Å². The second kappa shape index (κ2) is 9.31. The van der Waals surface area contributed by atoms with Gasteiger partial charge in [-0.25, -0.2) is 0 Å². The predicted octanol–water partition coefficient (Wildman–Crippen LogP) is 6.67. The van der Waals surface area contributed by atoms with Gasteiger partial charge in [-0.2, -0.15) is 0 Å². The van der Waals surface area contributed by atoms with Gasteiger partial charge in [0.25, 0.3) is 11.1 Å². The van der Waals surface area contributed by atoms with Crippen LogP contribution in [-0.2, 0) is 11.3 Å². The lowest BCUT2D eigenvalue weighted by Gasteiger charge is -2.12. The fourth-order valence-corrected chi connectivity index (χ4v) is 5.05. The van der Waals surface area contributed by atoms with E-state index >= 15 is 0 Å². The molecule has 0 aliphatic carbocycles. The second-order valence-electron chi connectivity index (χ2n) is 5.81. The molecule has 2 amide bonds. The summed E-state index contributed by atoms with van der Waals surface area (Å²) in [4.78, 5) is 26.6. The van der Waals surface area contributed by atoms with Gasteiger partial charge in [-0.05, 0) is 85.1 Å². The Morgan fingerprint density at radius 2 is 1.89 bits per heavy atom. The molecule has 0 spiro atoms. The van der Waals surface area contributed by atoms with Crippen LogP contribution >= 0.6 is 55.2 Å². The number of imide groups is 1. The summed E-state index contributed by atoms with van der Waals surface area (Å²) in [6.45, 7) is 4.19. The van der Waals surface area contributed by atoms with Crippen molar-refractivity contribution in [2.75, 3.05) is 6.61 Å². The Hall–Kier alpha value is -1.54. The third kappa shape index (κ3) is 4.89. The highest BCUT2D eigenvalue weighted by Gasteiger charge is 2.35. The molecule has 0 radical (unpaired) electrons. The molecular weight excluding hydrogens is 530 g/mol. The molecule has 1 heterocycles. The van der Waals surface area contributed by atoms with Crippen LogP contribution in [0.3, 0.4) is 0 Å². The number of hydrogen-bond acceptors (Lipinski definition) is 4. The molecule has 8 heteroatoms. The van der Waals surface area contributed by atoms with Crippen LogP contribution in [0.5, 0.6) is 5.75 Å². The van der Waals surface area contributed by atoms with Crippen LogP contribution in [0.2, 0.25) is 5.02 Å². The molecule has 0 atom stereocenters. The monoisotopic (exact) mass is 541 g/mol. The lowest BCUT2D eigenvalue weighted by atomic mass is 10.2. The molecule has 144 valence electrons. The molecule has 0 aromatic heterocycles. The molecular formula is C20H14Br2ClNO3S. The minimum Gasteiger partial charge on any atom is -0.487 e. The lowest BCUT2D eigenvalue weighted by Crippen LogP contribution is -2.27. The van der Waals surface area contributed by atoms with E-state index in [1.807, 2.05) is 18.2 Å². The Bertz CT molecular complexity index is 970. The van der Waals surface area contributed by atoms with Gasteiger partial charge in [0.15, 0.2) is 0 Å². The fourth-order valence-electron chi connectivity index (χ4n) is 2.55. The van der Waals surface area contributed by atoms with Gasteiger partial charge >= 0.3 is 0 Å². The number of halogens is 3. The zero-order valence-corrected chi connectivity index (χ0v) is 19.2. The average Bonchev–Trinajstić information content (AvgIpc) is 2.89. The van der Waals surface area contributed by atoms with Crippen LogP contribution in [0.1, 0.15) is 11.1 Å². The summed E-state index contributed by atoms with van der Waals surface area (Å²) >= 11 is 13.8. The minimum absolute atomic E-state index is 0.185. The number of rotatable bonds is 6. The second-order valence-corrected chi connectivity index (χ2v) is 8.95. The topological polar surface area (TPSA) is 46.6 Å². The molecule has 2 aromatic rings. The van der Waals surface area contributed by atoms with Gasteiger partial charge in [-0.3, -0.25) is 14.5 Å². The number of thioether (sulfide) groups is 1. The summed E-state index contributed by atoms with van der Waals surface area (Å²) in [5.41, 5.74) is 1.56. The minimum atomic E-state index is -0.325. The molecule has 1 fully saturated rings. The Kier molecular flexibility index (Phi) is 7.04. The highest BCUT2D eigenvalue weighted by molar-refractivity contribution is 9.11. The molecule has 3 rings (SSSR count). The molecule has 1 aliphatic rings. The fraction of sp³-hybridized carbons (Fsp3) is 0.100. The summed E-state index contributed by atoms with van der Waals surface area (Å²) in [6.07, 6.45) is 3.35. The normalized spacial score (nSPS) is 15.4. The summed E-state index contributed by atoms with van der Waals surface area (Å²) in [6, 6.07) is 10.8. The van der Waals surface area contributed by atoms with Gasteiger partial charge in [0, 0.05) is 5.02 Å². The number of amides is 2. The molecule has 0 N–H and O–H groups in total. The molecule has 0 saturated carbocycles. The third-order valence-corrected chi connectivity index (χ3v) is 6.09. The number of carbonyl (C=O) groups excluding carboxylic acids is 2. The maximum atomic E-state index is 12.7. The van der Waals surface area contributed by atoms with Crippen molar-refractivity contribution in [3.63, 3.8) is 0 Å². The van der Waals surface area contributed by atoms with Crippen molar-refractivity contribution in [2.45, 2.75) is 6.54 Å². The molecule has 1 saturated heterocycles. The molecule has 1 aliphatic heterocycles. The quantitative estimate of drug-likeness (QED) is 0.302. The van der Waals surface area contributed by atoms with Gasteiger partial charge in [0.2, 0.25) is 0 Å². The highest BCUT2D eigenvalue weighted by atomic mass is 79.9. The summed E-state index contributed by atoms with van der Waals surface area (Å²) in [7, 11) is 0. The van der Waals surface area contributed by atoms with E-state index in [4.69, 9.17) is 16.3 Å². The van der Waals surface area contributed by atoms with Crippen molar-refractivity contribution in [3.8, 4) is 5.75 Å². The van der Waals surface area contributed by atoms with Crippen molar-refractivity contribution < 1.29 is 14.3 Å². The maximum Gasteiger partial charge on any atom is 0.293 e. The van der Waals surface area contributed by atoms with Crippen molar-refractivity contribution in [1.29, 1.82) is 0 Å². The van der Waals surface area contributed by atoms with E-state index in [9.17, 15) is 9.59 Å². The van der Waals surface area contributed by atoms with E-state index in [0.717, 1.165) is 31.8 Å². The first-order chi connectivity index (χ1) is 13.4. The van der Waals surface area contributed by atoms with E-state index in [0.29, 0.717) is 22.3 Å². The smallest absolute Gasteiger partial charge is 0.293 e. The first-order valence-electron chi connectivity index (χ1n) is 8.11. The van der Waals surface area contributed by atoms with Crippen molar-refractivity contribution in [1.82, 2.24) is 4.90 Å². The Morgan fingerprint density at radius 1 is 1.18 bits per heavy atom. The van der Waals surface area contributed by atoms with E-state index in [1.54, 1.807) is 30.4 Å². The Morgan fingerprint density at radius 3 is 2.54 bits per heavy atom. The maximum absolute atomic E-state index is 12.7. The molecule has 2 aromatic carbocycles. The van der Waals surface area contributed by atoms with Gasteiger partial charge in [-0.1, -0.05) is 36.4 Å². The van der Waals surface area contributed by atoms with E-state index in [-0.39, 0.29) is 17.7 Å². The van der Waals surface area contributed by atoms with E-state index in [1.165, 1.54) is 4.90 Å². The number of carbonyl (C=O) groups is 2. The molecule has 0 unspecified atom stereocenters. The zero-order valence-electron chi connectivity index (χ0n) is 14.5. The number of benzene rings is 2. The molecule has 4 nitrogen and oxygen atoms in total. The number of ether oxygens (including phenoxy) is 1. The van der Waals surface area contributed by atoms with Crippen LogP contribution in [0, 0.1) is 0 Å². The summed E-state index contributed by atoms with van der Waals surface area (Å²) in [5, 5.41) is 0.258. The Balaban J connectivity index is 1.82. The van der Waals surface area contributed by atoms with Crippen LogP contribution in [0.25, 0.3) is 6.08 Å². The standard InChI is InChI=1S/C20H14Br2ClNO3S/c1-2-6-27-18-15(21)8-13(9-16(18)22)10-17-19(25)24(20(26)28-17)11-12-4-3-5-14(23)7-12/h2-5,7-10H,1,6,11H2/b17-10-. The van der Waals surface area contributed by atoms with Crippen molar-refractivity contribution >= 4 is 72.4 Å². The largest absolute Gasteiger partial charge is 0.487 e. The first-order valence-corrected chi connectivity index (χ1v) is 10.9. The van der Waals surface area contributed by atoms with Crippen LogP contribution in [0.4, 0.5) is 4.79 Å². The predicted molar refractivity (Wildman–Crippen MR) is 121 cm³/mol. The zero-order chi connectivity index (χ0) is 20.3. The van der Waals surface area contributed by atoms with Gasteiger partial charge < -0.3 is 4.74 Å². The van der Waals surface area contributed by atoms with Crippen molar-refractivity contribution in [2.24, 2.45) is 0 Å². The molecule has 28 heavy (non-hydrogen) atoms. The van der Waals surface area contributed by atoms with Crippen molar-refractivity contribution in [3.05, 3.63) is 79.1 Å². The van der Waals surface area contributed by atoms with Gasteiger partial charge in [-0.15, -0.1) is 0 Å². The van der Waals surface area contributed by atoms with Gasteiger partial charge in [0.1, 0.15) is 12.4 Å². The summed E-state index contributed by atoms with van der Waals surface area (Å²) < 4.78 is 7.05.